The van der Waals surface area contributed by atoms with Gasteiger partial charge in [0.1, 0.15) is 19.3 Å². The predicted molar refractivity (Wildman–Crippen MR) is 405 cm³/mol. The maximum absolute atomic E-state index is 13.1. The van der Waals surface area contributed by atoms with Gasteiger partial charge in [0, 0.05) is 25.7 Å². The number of carbonyl (C=O) groups is 4. The number of aliphatic hydroxyl groups excluding tert-OH is 1. The molecule has 0 saturated carbocycles. The Bertz CT molecular complexity index is 1920. The van der Waals surface area contributed by atoms with Crippen LogP contribution in [0.1, 0.15) is 414 Å². The zero-order valence-electron chi connectivity index (χ0n) is 65.0. The lowest BCUT2D eigenvalue weighted by molar-refractivity contribution is -0.161. The molecule has 2 unspecified atom stereocenters. The largest absolute Gasteiger partial charge is 0.472 e. The molecule has 0 aliphatic rings. The van der Waals surface area contributed by atoms with E-state index in [4.69, 9.17) is 37.0 Å². The molecule has 0 aromatic carbocycles. The summed E-state index contributed by atoms with van der Waals surface area (Å²) in [5.41, 5.74) is 0. The van der Waals surface area contributed by atoms with E-state index in [0.717, 1.165) is 114 Å². The first-order valence-electron chi connectivity index (χ1n) is 41.3. The molecule has 0 bridgehead atoms. The van der Waals surface area contributed by atoms with Crippen molar-refractivity contribution in [3.63, 3.8) is 0 Å². The molecule has 0 aromatic heterocycles. The van der Waals surface area contributed by atoms with Crippen LogP contribution in [0, 0.1) is 17.8 Å². The van der Waals surface area contributed by atoms with Crippen molar-refractivity contribution in [3.8, 4) is 0 Å². The number of aliphatic hydroxyl groups is 1. The smallest absolute Gasteiger partial charge is 0.462 e. The normalized spacial score (nSPS) is 14.0. The Labute approximate surface area is 607 Å². The van der Waals surface area contributed by atoms with E-state index >= 15 is 0 Å². The molecule has 99 heavy (non-hydrogen) atoms. The van der Waals surface area contributed by atoms with Crippen LogP contribution in [0.3, 0.4) is 0 Å². The number of hydrogen-bond acceptors (Lipinski definition) is 15. The zero-order chi connectivity index (χ0) is 73.0. The second-order valence-corrected chi connectivity index (χ2v) is 33.1. The second-order valence-electron chi connectivity index (χ2n) is 30.2. The van der Waals surface area contributed by atoms with Gasteiger partial charge in [-0.2, -0.15) is 0 Å². The summed E-state index contributed by atoms with van der Waals surface area (Å²) in [6, 6.07) is 0. The minimum absolute atomic E-state index is 0.107. The van der Waals surface area contributed by atoms with E-state index < -0.39 is 97.5 Å². The van der Waals surface area contributed by atoms with E-state index in [1.54, 1.807) is 0 Å². The number of ether oxygens (including phenoxy) is 4. The lowest BCUT2D eigenvalue weighted by atomic mass is 10.0. The molecule has 0 heterocycles. The first-order valence-corrected chi connectivity index (χ1v) is 44.3. The highest BCUT2D eigenvalue weighted by Crippen LogP contribution is 2.45. The molecule has 0 fully saturated rings. The Morgan fingerprint density at radius 1 is 0.273 bits per heavy atom. The summed E-state index contributed by atoms with van der Waals surface area (Å²) in [6.45, 7) is 12.0. The molecular weight excluding hydrogens is 1290 g/mol. The number of rotatable bonds is 78. The monoisotopic (exact) mass is 1450 g/mol. The topological polar surface area (TPSA) is 237 Å². The third kappa shape index (κ3) is 74.1. The molecular formula is C80H156O17P2. The van der Waals surface area contributed by atoms with Crippen LogP contribution in [0.2, 0.25) is 0 Å². The third-order valence-corrected chi connectivity index (χ3v) is 20.5. The van der Waals surface area contributed by atoms with Crippen molar-refractivity contribution in [2.45, 2.75) is 433 Å². The molecule has 0 aromatic rings. The van der Waals surface area contributed by atoms with Crippen molar-refractivity contribution in [3.05, 3.63) is 0 Å². The molecule has 17 nitrogen and oxygen atoms in total. The van der Waals surface area contributed by atoms with Gasteiger partial charge in [-0.15, -0.1) is 0 Å². The first-order chi connectivity index (χ1) is 47.7. The van der Waals surface area contributed by atoms with Crippen molar-refractivity contribution >= 4 is 39.5 Å². The van der Waals surface area contributed by atoms with Crippen LogP contribution in [0.25, 0.3) is 0 Å². The summed E-state index contributed by atoms with van der Waals surface area (Å²) >= 11 is 0. The minimum atomic E-state index is -4.96. The van der Waals surface area contributed by atoms with E-state index in [-0.39, 0.29) is 25.7 Å². The quantitative estimate of drug-likeness (QED) is 0.0222. The molecule has 0 amide bonds. The van der Waals surface area contributed by atoms with Crippen molar-refractivity contribution in [2.75, 3.05) is 39.6 Å². The highest BCUT2D eigenvalue weighted by molar-refractivity contribution is 7.47. The van der Waals surface area contributed by atoms with Gasteiger partial charge in [-0.1, -0.05) is 363 Å². The lowest BCUT2D eigenvalue weighted by Gasteiger charge is -2.21. The second kappa shape index (κ2) is 70.4. The number of carbonyl (C=O) groups excluding carboxylic acids is 4. The summed E-state index contributed by atoms with van der Waals surface area (Å²) in [5.74, 6) is 0.271. The molecule has 0 aliphatic heterocycles. The fraction of sp³-hybridized carbons (Fsp3) is 0.950. The summed E-state index contributed by atoms with van der Waals surface area (Å²) in [6.07, 6.45) is 58.3. The average molecular weight is 1450 g/mol. The van der Waals surface area contributed by atoms with Crippen molar-refractivity contribution in [2.24, 2.45) is 17.8 Å². The fourth-order valence-electron chi connectivity index (χ4n) is 12.3. The number of unbranched alkanes of at least 4 members (excludes halogenated alkanes) is 46. The van der Waals surface area contributed by atoms with Crippen molar-refractivity contribution in [1.29, 1.82) is 0 Å². The van der Waals surface area contributed by atoms with Crippen LogP contribution in [0.5, 0.6) is 0 Å². The van der Waals surface area contributed by atoms with Crippen molar-refractivity contribution in [1.82, 2.24) is 0 Å². The molecule has 0 saturated heterocycles. The van der Waals surface area contributed by atoms with Crippen LogP contribution in [0.4, 0.5) is 0 Å². The van der Waals surface area contributed by atoms with Gasteiger partial charge in [-0.3, -0.25) is 37.3 Å². The van der Waals surface area contributed by atoms with Crippen LogP contribution >= 0.6 is 15.6 Å². The summed E-state index contributed by atoms with van der Waals surface area (Å²) in [4.78, 5) is 72.9. The molecule has 588 valence electrons. The highest BCUT2D eigenvalue weighted by Gasteiger charge is 2.30. The van der Waals surface area contributed by atoms with Gasteiger partial charge in [0.25, 0.3) is 0 Å². The van der Waals surface area contributed by atoms with Gasteiger partial charge in [0.05, 0.1) is 26.4 Å². The molecule has 3 N–H and O–H groups in total. The number of phosphoric acid groups is 2. The standard InChI is InChI=1S/C80H156O17P2/c1-8-9-10-11-12-40-47-54-61-77(82)90-67-75(96-80(85)64-57-50-43-36-30-24-23-27-33-39-46-53-60-73(6)7)69-94-98(86,87)92-65-74(81)66-93-99(88,89)95-70-76(68-91-78(83)62-55-48-41-34-28-21-18-17-20-26-32-38-45-52-59-72(4)5)97-79(84)63-56-49-42-35-29-22-16-14-13-15-19-25-31-37-44-51-58-71(2)3/h71-76,81H,8-70H2,1-7H3,(H,86,87)(H,88,89)/t74-,75+,76+/m0/s1. The highest BCUT2D eigenvalue weighted by atomic mass is 31.2. The molecule has 0 radical (unpaired) electrons. The Kier molecular flexibility index (Phi) is 69.0. The third-order valence-electron chi connectivity index (χ3n) is 18.6. The maximum Gasteiger partial charge on any atom is 0.472 e. The van der Waals surface area contributed by atoms with Gasteiger partial charge in [-0.05, 0) is 43.4 Å². The van der Waals surface area contributed by atoms with Gasteiger partial charge < -0.3 is 33.8 Å². The zero-order valence-corrected chi connectivity index (χ0v) is 66.8. The average Bonchev–Trinajstić information content (AvgIpc) is 0.992. The van der Waals surface area contributed by atoms with Gasteiger partial charge in [0.2, 0.25) is 0 Å². The molecule has 5 atom stereocenters. The van der Waals surface area contributed by atoms with Crippen LogP contribution in [-0.4, -0.2) is 96.7 Å². The Balaban J connectivity index is 5.21. The van der Waals surface area contributed by atoms with Crippen LogP contribution < -0.4 is 0 Å². The summed E-state index contributed by atoms with van der Waals surface area (Å²) in [5, 5.41) is 10.6. The molecule has 19 heteroatoms. The molecule has 0 spiro atoms. The Hall–Kier alpha value is -1.94. The van der Waals surface area contributed by atoms with Gasteiger partial charge in [0.15, 0.2) is 12.2 Å². The maximum atomic E-state index is 13.1. The minimum Gasteiger partial charge on any atom is -0.462 e. The number of hydrogen-bond donors (Lipinski definition) is 3. The van der Waals surface area contributed by atoms with E-state index in [2.05, 4.69) is 48.5 Å². The number of phosphoric ester groups is 2. The van der Waals surface area contributed by atoms with Gasteiger partial charge >= 0.3 is 39.5 Å². The molecule has 0 aliphatic carbocycles. The van der Waals surface area contributed by atoms with E-state index in [9.17, 15) is 43.2 Å². The molecule has 0 rings (SSSR count). The van der Waals surface area contributed by atoms with Gasteiger partial charge in [-0.25, -0.2) is 9.13 Å². The van der Waals surface area contributed by atoms with E-state index in [0.29, 0.717) is 25.7 Å². The first kappa shape index (κ1) is 97.1. The van der Waals surface area contributed by atoms with Crippen molar-refractivity contribution < 1.29 is 80.2 Å². The SMILES string of the molecule is CCCCCCCCCCC(=O)OC[C@H](COP(=O)(O)OC[C@H](O)COP(=O)(O)OC[C@@H](COC(=O)CCCCCCCCCCCCCCCCC(C)C)OC(=O)CCCCCCCCCCCCCCCCCCC(C)C)OC(=O)CCCCCCCCCCCCCCC(C)C. The van der Waals surface area contributed by atoms with E-state index in [1.807, 2.05) is 0 Å². The van der Waals surface area contributed by atoms with Crippen LogP contribution in [-0.2, 0) is 65.4 Å². The lowest BCUT2D eigenvalue weighted by Crippen LogP contribution is -2.30. The van der Waals surface area contributed by atoms with E-state index in [1.165, 1.54) is 218 Å². The number of esters is 4. The summed E-state index contributed by atoms with van der Waals surface area (Å²) < 4.78 is 68.6. The summed E-state index contributed by atoms with van der Waals surface area (Å²) in [7, 11) is -9.92. The fourth-order valence-corrected chi connectivity index (χ4v) is 13.9. The predicted octanol–water partition coefficient (Wildman–Crippen LogP) is 23.7. The Morgan fingerprint density at radius 3 is 0.687 bits per heavy atom. The Morgan fingerprint density at radius 2 is 0.465 bits per heavy atom. The van der Waals surface area contributed by atoms with Crippen LogP contribution in [0.15, 0.2) is 0 Å².